The molecule has 0 aliphatic heterocycles. The summed E-state index contributed by atoms with van der Waals surface area (Å²) >= 11 is 12.3. The summed E-state index contributed by atoms with van der Waals surface area (Å²) < 4.78 is 5.73. The van der Waals surface area contributed by atoms with Gasteiger partial charge in [-0.3, -0.25) is 5.43 Å². The van der Waals surface area contributed by atoms with E-state index >= 15 is 0 Å². The number of carboxylic acids is 1. The van der Waals surface area contributed by atoms with Crippen LogP contribution in [-0.4, -0.2) is 17.3 Å². The van der Waals surface area contributed by atoms with Gasteiger partial charge in [0, 0.05) is 15.6 Å². The van der Waals surface area contributed by atoms with Crippen LogP contribution < -0.4 is 10.2 Å². The van der Waals surface area contributed by atoms with E-state index in [2.05, 4.69) is 10.5 Å². The van der Waals surface area contributed by atoms with Crippen LogP contribution in [-0.2, 0) is 6.61 Å². The van der Waals surface area contributed by atoms with Gasteiger partial charge >= 0.3 is 5.97 Å². The summed E-state index contributed by atoms with van der Waals surface area (Å²) in [6.45, 7) is 0.263. The van der Waals surface area contributed by atoms with Gasteiger partial charge in [-0.15, -0.1) is 0 Å². The molecule has 0 radical (unpaired) electrons. The standard InChI is InChI=1S/C21H16Cl2N2O3/c22-18-5-3-6-19(23)17(18)13-28-15-10-8-14(9-11-15)12-24-25-20-7-2-1-4-16(20)21(26)27/h1-12,25H,13H2,(H,26,27)/b24-12+. The summed E-state index contributed by atoms with van der Waals surface area (Å²) in [6, 6.07) is 19.1. The van der Waals surface area contributed by atoms with E-state index in [0.29, 0.717) is 21.5 Å². The number of anilines is 1. The molecule has 7 heteroatoms. The number of carbonyl (C=O) groups is 1. The molecule has 2 N–H and O–H groups in total. The molecule has 3 rings (SSSR count). The number of halogens is 2. The van der Waals surface area contributed by atoms with Crippen LogP contribution in [0.4, 0.5) is 5.69 Å². The van der Waals surface area contributed by atoms with Crippen LogP contribution in [0, 0.1) is 0 Å². The highest BCUT2D eigenvalue weighted by Gasteiger charge is 2.08. The van der Waals surface area contributed by atoms with Crippen molar-refractivity contribution in [1.82, 2.24) is 0 Å². The third-order valence-corrected chi connectivity index (χ3v) is 4.59. The SMILES string of the molecule is O=C(O)c1ccccc1N/N=C/c1ccc(OCc2c(Cl)cccc2Cl)cc1. The van der Waals surface area contributed by atoms with Gasteiger partial charge < -0.3 is 9.84 Å². The maximum Gasteiger partial charge on any atom is 0.337 e. The molecule has 3 aromatic rings. The molecule has 0 unspecified atom stereocenters. The molecule has 0 atom stereocenters. The first kappa shape index (κ1) is 19.7. The van der Waals surface area contributed by atoms with Crippen molar-refractivity contribution in [2.24, 2.45) is 5.10 Å². The van der Waals surface area contributed by atoms with E-state index in [4.69, 9.17) is 33.0 Å². The average Bonchev–Trinajstić information content (AvgIpc) is 2.69. The molecule has 0 aromatic heterocycles. The molecule has 0 aliphatic carbocycles. The maximum absolute atomic E-state index is 11.2. The molecule has 0 aliphatic rings. The number of carboxylic acid groups (broad SMARTS) is 1. The minimum absolute atomic E-state index is 0.154. The van der Waals surface area contributed by atoms with Crippen LogP contribution in [0.15, 0.2) is 71.8 Å². The third-order valence-electron chi connectivity index (χ3n) is 3.88. The Morgan fingerprint density at radius 1 is 1.00 bits per heavy atom. The number of hydrogen-bond acceptors (Lipinski definition) is 4. The summed E-state index contributed by atoms with van der Waals surface area (Å²) in [7, 11) is 0. The number of hydrazone groups is 1. The molecule has 0 heterocycles. The van der Waals surface area contributed by atoms with Crippen molar-refractivity contribution in [3.8, 4) is 5.75 Å². The average molecular weight is 415 g/mol. The fourth-order valence-corrected chi connectivity index (χ4v) is 2.93. The highest BCUT2D eigenvalue weighted by Crippen LogP contribution is 2.26. The molecule has 0 bridgehead atoms. The normalized spacial score (nSPS) is 10.8. The van der Waals surface area contributed by atoms with Crippen molar-refractivity contribution in [2.45, 2.75) is 6.61 Å². The van der Waals surface area contributed by atoms with E-state index in [-0.39, 0.29) is 12.2 Å². The number of nitrogens with zero attached hydrogens (tertiary/aromatic N) is 1. The molecule has 0 saturated heterocycles. The largest absolute Gasteiger partial charge is 0.489 e. The zero-order valence-electron chi connectivity index (χ0n) is 14.6. The lowest BCUT2D eigenvalue weighted by Crippen LogP contribution is -2.02. The number of ether oxygens (including phenoxy) is 1. The van der Waals surface area contributed by atoms with E-state index in [1.165, 1.54) is 6.07 Å². The fourth-order valence-electron chi connectivity index (χ4n) is 2.42. The monoisotopic (exact) mass is 414 g/mol. The van der Waals surface area contributed by atoms with Crippen LogP contribution in [0.1, 0.15) is 21.5 Å². The van der Waals surface area contributed by atoms with Crippen molar-refractivity contribution in [2.75, 3.05) is 5.43 Å². The molecule has 28 heavy (non-hydrogen) atoms. The number of aromatic carboxylic acids is 1. The lowest BCUT2D eigenvalue weighted by atomic mass is 10.2. The second kappa shape index (κ2) is 9.26. The fraction of sp³-hybridized carbons (Fsp3) is 0.0476. The number of nitrogens with one attached hydrogen (secondary N) is 1. The van der Waals surface area contributed by atoms with Crippen LogP contribution in [0.5, 0.6) is 5.75 Å². The highest BCUT2D eigenvalue weighted by molar-refractivity contribution is 6.35. The van der Waals surface area contributed by atoms with Crippen molar-refractivity contribution in [3.63, 3.8) is 0 Å². The number of benzene rings is 3. The zero-order valence-corrected chi connectivity index (χ0v) is 16.1. The van der Waals surface area contributed by atoms with Gasteiger partial charge in [0.2, 0.25) is 0 Å². The van der Waals surface area contributed by atoms with Gasteiger partial charge in [-0.25, -0.2) is 4.79 Å². The van der Waals surface area contributed by atoms with Crippen molar-refractivity contribution >= 4 is 41.1 Å². The Kier molecular flexibility index (Phi) is 6.53. The third kappa shape index (κ3) is 5.03. The Morgan fingerprint density at radius 3 is 2.36 bits per heavy atom. The van der Waals surface area contributed by atoms with Crippen molar-refractivity contribution < 1.29 is 14.6 Å². The highest BCUT2D eigenvalue weighted by atomic mass is 35.5. The molecule has 0 spiro atoms. The van der Waals surface area contributed by atoms with E-state index in [1.807, 2.05) is 12.1 Å². The molecule has 0 saturated carbocycles. The van der Waals surface area contributed by atoms with Gasteiger partial charge in [0.05, 0.1) is 17.5 Å². The van der Waals surface area contributed by atoms with Crippen LogP contribution in [0.2, 0.25) is 10.0 Å². The molecule has 5 nitrogen and oxygen atoms in total. The zero-order chi connectivity index (χ0) is 19.9. The van der Waals surface area contributed by atoms with Gasteiger partial charge in [-0.05, 0) is 54.1 Å². The van der Waals surface area contributed by atoms with Gasteiger partial charge in [0.1, 0.15) is 12.4 Å². The van der Waals surface area contributed by atoms with Crippen LogP contribution >= 0.6 is 23.2 Å². The Morgan fingerprint density at radius 2 is 1.68 bits per heavy atom. The summed E-state index contributed by atoms with van der Waals surface area (Å²) in [4.78, 5) is 11.2. The predicted molar refractivity (Wildman–Crippen MR) is 112 cm³/mol. The second-order valence-corrected chi connectivity index (χ2v) is 6.59. The number of para-hydroxylation sites is 1. The molecular weight excluding hydrogens is 399 g/mol. The lowest BCUT2D eigenvalue weighted by Gasteiger charge is -2.09. The van der Waals surface area contributed by atoms with E-state index in [1.54, 1.807) is 54.7 Å². The maximum atomic E-state index is 11.2. The molecule has 142 valence electrons. The molecule has 3 aromatic carbocycles. The predicted octanol–water partition coefficient (Wildman–Crippen LogP) is 5.72. The Labute approximate surface area is 172 Å². The topological polar surface area (TPSA) is 70.9 Å². The second-order valence-electron chi connectivity index (χ2n) is 5.78. The Balaban J connectivity index is 1.60. The molecule has 0 fully saturated rings. The summed E-state index contributed by atoms with van der Waals surface area (Å²) in [5, 5.41) is 14.4. The van der Waals surface area contributed by atoms with Crippen molar-refractivity contribution in [3.05, 3.63) is 93.5 Å². The Hall–Kier alpha value is -3.02. The Bertz CT molecular complexity index is 985. The summed E-state index contributed by atoms with van der Waals surface area (Å²) in [5.41, 5.74) is 4.88. The van der Waals surface area contributed by atoms with Gasteiger partial charge in [-0.2, -0.15) is 5.10 Å². The number of hydrogen-bond donors (Lipinski definition) is 2. The smallest absolute Gasteiger partial charge is 0.337 e. The first-order valence-corrected chi connectivity index (χ1v) is 9.07. The van der Waals surface area contributed by atoms with E-state index in [9.17, 15) is 4.79 Å². The number of rotatable bonds is 7. The first-order valence-electron chi connectivity index (χ1n) is 8.32. The van der Waals surface area contributed by atoms with E-state index in [0.717, 1.165) is 11.1 Å². The van der Waals surface area contributed by atoms with Crippen LogP contribution in [0.25, 0.3) is 0 Å². The van der Waals surface area contributed by atoms with E-state index < -0.39 is 5.97 Å². The minimum atomic E-state index is -1.02. The van der Waals surface area contributed by atoms with Crippen LogP contribution in [0.3, 0.4) is 0 Å². The van der Waals surface area contributed by atoms with Crippen molar-refractivity contribution in [1.29, 1.82) is 0 Å². The van der Waals surface area contributed by atoms with Gasteiger partial charge in [0.25, 0.3) is 0 Å². The summed E-state index contributed by atoms with van der Waals surface area (Å²) in [5.74, 6) is -0.351. The summed E-state index contributed by atoms with van der Waals surface area (Å²) in [6.07, 6.45) is 1.59. The quantitative estimate of drug-likeness (QED) is 0.383. The minimum Gasteiger partial charge on any atom is -0.489 e. The van der Waals surface area contributed by atoms with Gasteiger partial charge in [-0.1, -0.05) is 41.4 Å². The van der Waals surface area contributed by atoms with Gasteiger partial charge in [0.15, 0.2) is 0 Å². The molecule has 0 amide bonds. The lowest BCUT2D eigenvalue weighted by molar-refractivity contribution is 0.0698. The molecular formula is C21H16Cl2N2O3. The first-order chi connectivity index (χ1) is 13.5.